The first-order valence-corrected chi connectivity index (χ1v) is 13.1. The predicted molar refractivity (Wildman–Crippen MR) is 141 cm³/mol. The molecule has 0 saturated carbocycles. The summed E-state index contributed by atoms with van der Waals surface area (Å²) in [5.74, 6) is -0.483. The molecule has 6 nitrogen and oxygen atoms in total. The number of thiocarbonyl (C=S) groups is 1. The fraction of sp³-hybridized carbons (Fsp3) is 0.318. The van der Waals surface area contributed by atoms with E-state index in [0.717, 1.165) is 21.4 Å². The SMILES string of the molecule is CCc1cc(C(=O)OC)c(NC(=S)N2CCN(C(=O)c3sc4cc(Cl)ccc4c3Cl)CC2)s1. The van der Waals surface area contributed by atoms with E-state index in [1.165, 1.54) is 29.8 Å². The highest BCUT2D eigenvalue weighted by atomic mass is 35.5. The van der Waals surface area contributed by atoms with Gasteiger partial charge in [0.15, 0.2) is 5.11 Å². The smallest absolute Gasteiger partial charge is 0.340 e. The molecular formula is C22H21Cl2N3O3S3. The summed E-state index contributed by atoms with van der Waals surface area (Å²) in [5.41, 5.74) is 0.482. The van der Waals surface area contributed by atoms with Crippen LogP contribution in [-0.2, 0) is 11.2 Å². The number of carbonyl (C=O) groups is 2. The van der Waals surface area contributed by atoms with E-state index >= 15 is 0 Å². The Morgan fingerprint density at radius 3 is 2.48 bits per heavy atom. The lowest BCUT2D eigenvalue weighted by Crippen LogP contribution is -2.51. The van der Waals surface area contributed by atoms with Crippen LogP contribution >= 0.6 is 58.1 Å². The molecule has 1 aromatic carbocycles. The zero-order valence-corrected chi connectivity index (χ0v) is 21.9. The highest BCUT2D eigenvalue weighted by Gasteiger charge is 2.27. The molecule has 0 radical (unpaired) electrons. The van der Waals surface area contributed by atoms with Crippen molar-refractivity contribution in [3.05, 3.63) is 49.6 Å². The second-order valence-corrected chi connectivity index (χ2v) is 10.8. The molecule has 0 aliphatic carbocycles. The number of amides is 1. The van der Waals surface area contributed by atoms with Gasteiger partial charge in [0.2, 0.25) is 0 Å². The molecule has 1 amide bonds. The number of aryl methyl sites for hydroxylation is 1. The topological polar surface area (TPSA) is 61.9 Å². The van der Waals surface area contributed by atoms with Gasteiger partial charge in [-0.05, 0) is 36.8 Å². The summed E-state index contributed by atoms with van der Waals surface area (Å²) >= 11 is 21.0. The maximum Gasteiger partial charge on any atom is 0.340 e. The van der Waals surface area contributed by atoms with E-state index in [1.807, 2.05) is 30.0 Å². The average Bonchev–Trinajstić information content (AvgIpc) is 3.38. The number of esters is 1. The Hall–Kier alpha value is -1.91. The molecule has 174 valence electrons. The number of hydrogen-bond donors (Lipinski definition) is 1. The Balaban J connectivity index is 1.41. The number of nitrogens with zero attached hydrogens (tertiary/aromatic N) is 2. The first-order valence-electron chi connectivity index (χ1n) is 10.3. The quantitative estimate of drug-likeness (QED) is 0.334. The standard InChI is InChI=1S/C22H21Cl2N3O3S3/c1-3-13-11-15(21(29)30-2)19(32-13)25-22(31)27-8-6-26(7-9-27)20(28)18-17(24)14-5-4-12(23)10-16(14)33-18/h4-5,10-11H,3,6-9H2,1-2H3,(H,25,31). The van der Waals surface area contributed by atoms with Crippen LogP contribution in [0.1, 0.15) is 31.8 Å². The minimum absolute atomic E-state index is 0.0883. The molecule has 1 saturated heterocycles. The molecule has 0 bridgehead atoms. The van der Waals surface area contributed by atoms with Crippen molar-refractivity contribution in [1.29, 1.82) is 0 Å². The van der Waals surface area contributed by atoms with Gasteiger partial charge in [-0.25, -0.2) is 4.79 Å². The molecule has 1 aliphatic heterocycles. The first kappa shape index (κ1) is 24.2. The third kappa shape index (κ3) is 4.97. The molecule has 0 spiro atoms. The largest absolute Gasteiger partial charge is 0.465 e. The summed E-state index contributed by atoms with van der Waals surface area (Å²) in [6.45, 7) is 4.21. The Bertz CT molecular complexity index is 1230. The molecular weight excluding hydrogens is 521 g/mol. The number of thiophene rings is 2. The van der Waals surface area contributed by atoms with Crippen molar-refractivity contribution in [2.24, 2.45) is 0 Å². The van der Waals surface area contributed by atoms with Crippen LogP contribution in [0.25, 0.3) is 10.1 Å². The number of methoxy groups -OCH3 is 1. The molecule has 4 rings (SSSR count). The second kappa shape index (κ2) is 10.1. The molecule has 11 heteroatoms. The number of rotatable bonds is 4. The summed E-state index contributed by atoms with van der Waals surface area (Å²) in [5, 5.41) is 6.31. The van der Waals surface area contributed by atoms with E-state index in [9.17, 15) is 9.59 Å². The van der Waals surface area contributed by atoms with Gasteiger partial charge in [-0.15, -0.1) is 22.7 Å². The lowest BCUT2D eigenvalue weighted by molar-refractivity contribution is 0.0601. The maximum atomic E-state index is 13.1. The number of hydrogen-bond acceptors (Lipinski definition) is 6. The van der Waals surface area contributed by atoms with Gasteiger partial charge in [-0.1, -0.05) is 36.2 Å². The summed E-state index contributed by atoms with van der Waals surface area (Å²) in [7, 11) is 1.36. The zero-order chi connectivity index (χ0) is 23.7. The molecule has 2 aromatic heterocycles. The number of nitrogens with one attached hydrogen (secondary N) is 1. The number of anilines is 1. The monoisotopic (exact) mass is 541 g/mol. The second-order valence-electron chi connectivity index (χ2n) is 7.40. The third-order valence-corrected chi connectivity index (χ3v) is 8.83. The van der Waals surface area contributed by atoms with Crippen molar-refractivity contribution >= 4 is 90.2 Å². The van der Waals surface area contributed by atoms with Crippen LogP contribution in [0.5, 0.6) is 0 Å². The van der Waals surface area contributed by atoms with Gasteiger partial charge in [0, 0.05) is 46.2 Å². The molecule has 3 aromatic rings. The lowest BCUT2D eigenvalue weighted by Gasteiger charge is -2.36. The number of carbonyl (C=O) groups excluding carboxylic acids is 2. The Morgan fingerprint density at radius 2 is 1.82 bits per heavy atom. The highest BCUT2D eigenvalue weighted by molar-refractivity contribution is 7.80. The van der Waals surface area contributed by atoms with Gasteiger partial charge >= 0.3 is 5.97 Å². The fourth-order valence-corrected chi connectivity index (χ4v) is 6.67. The number of benzene rings is 1. The predicted octanol–water partition coefficient (Wildman–Crippen LogP) is 5.77. The lowest BCUT2D eigenvalue weighted by atomic mass is 10.2. The van der Waals surface area contributed by atoms with Crippen LogP contribution in [0.15, 0.2) is 24.3 Å². The van der Waals surface area contributed by atoms with Gasteiger partial charge in [-0.3, -0.25) is 4.79 Å². The Kier molecular flexibility index (Phi) is 7.45. The van der Waals surface area contributed by atoms with Crippen molar-refractivity contribution in [3.63, 3.8) is 0 Å². The van der Waals surface area contributed by atoms with Gasteiger partial charge in [-0.2, -0.15) is 0 Å². The third-order valence-electron chi connectivity index (χ3n) is 5.40. The minimum atomic E-state index is -0.395. The van der Waals surface area contributed by atoms with Crippen LogP contribution in [-0.4, -0.2) is 60.1 Å². The Labute approximate surface area is 215 Å². The molecule has 0 unspecified atom stereocenters. The zero-order valence-electron chi connectivity index (χ0n) is 17.9. The van der Waals surface area contributed by atoms with Gasteiger partial charge < -0.3 is 19.9 Å². The van der Waals surface area contributed by atoms with E-state index in [4.69, 9.17) is 40.2 Å². The minimum Gasteiger partial charge on any atom is -0.465 e. The molecule has 1 fully saturated rings. The molecule has 0 atom stereocenters. The fourth-order valence-electron chi connectivity index (χ4n) is 3.58. The maximum absolute atomic E-state index is 13.1. The normalized spacial score (nSPS) is 13.9. The van der Waals surface area contributed by atoms with Crippen molar-refractivity contribution in [2.45, 2.75) is 13.3 Å². The number of ether oxygens (including phenoxy) is 1. The first-order chi connectivity index (χ1) is 15.8. The number of piperazine rings is 1. The Morgan fingerprint density at radius 1 is 1.12 bits per heavy atom. The number of halogens is 2. The van der Waals surface area contributed by atoms with Gasteiger partial charge in [0.25, 0.3) is 5.91 Å². The molecule has 33 heavy (non-hydrogen) atoms. The molecule has 1 aliphatic rings. The van der Waals surface area contributed by atoms with Crippen LogP contribution < -0.4 is 5.32 Å². The molecule has 3 heterocycles. The van der Waals surface area contributed by atoms with Crippen molar-refractivity contribution in [3.8, 4) is 0 Å². The van der Waals surface area contributed by atoms with Gasteiger partial charge in [0.05, 0.1) is 17.7 Å². The van der Waals surface area contributed by atoms with Crippen LogP contribution in [0.4, 0.5) is 5.00 Å². The van der Waals surface area contributed by atoms with Crippen molar-refractivity contribution < 1.29 is 14.3 Å². The van der Waals surface area contributed by atoms with E-state index in [0.29, 0.717) is 56.8 Å². The summed E-state index contributed by atoms with van der Waals surface area (Å²) < 4.78 is 5.78. The summed E-state index contributed by atoms with van der Waals surface area (Å²) in [6, 6.07) is 7.27. The van der Waals surface area contributed by atoms with Crippen LogP contribution in [0, 0.1) is 0 Å². The van der Waals surface area contributed by atoms with Crippen LogP contribution in [0.3, 0.4) is 0 Å². The summed E-state index contributed by atoms with van der Waals surface area (Å²) in [6.07, 6.45) is 0.816. The highest BCUT2D eigenvalue weighted by Crippen LogP contribution is 2.37. The van der Waals surface area contributed by atoms with E-state index in [2.05, 4.69) is 5.32 Å². The van der Waals surface area contributed by atoms with E-state index < -0.39 is 5.97 Å². The van der Waals surface area contributed by atoms with E-state index in [1.54, 1.807) is 11.0 Å². The van der Waals surface area contributed by atoms with Crippen molar-refractivity contribution in [2.75, 3.05) is 38.6 Å². The number of fused-ring (bicyclic) bond motifs is 1. The molecule has 1 N–H and O–H groups in total. The van der Waals surface area contributed by atoms with Crippen LogP contribution in [0.2, 0.25) is 10.0 Å². The van der Waals surface area contributed by atoms with Gasteiger partial charge in [0.1, 0.15) is 9.88 Å². The summed E-state index contributed by atoms with van der Waals surface area (Å²) in [4.78, 5) is 30.6. The van der Waals surface area contributed by atoms with E-state index in [-0.39, 0.29) is 5.91 Å². The van der Waals surface area contributed by atoms with Crippen molar-refractivity contribution in [1.82, 2.24) is 9.80 Å². The average molecular weight is 543 g/mol.